The first kappa shape index (κ1) is 13.9. The second-order valence-corrected chi connectivity index (χ2v) is 5.07. The van der Waals surface area contributed by atoms with Gasteiger partial charge in [0.15, 0.2) is 5.76 Å². The molecule has 0 unspecified atom stereocenters. The lowest BCUT2D eigenvalue weighted by Gasteiger charge is -2.33. The topological polar surface area (TPSA) is 30.2 Å². The van der Waals surface area contributed by atoms with Crippen molar-refractivity contribution >= 4 is 5.78 Å². The van der Waals surface area contributed by atoms with Crippen molar-refractivity contribution in [3.05, 3.63) is 35.3 Å². The van der Waals surface area contributed by atoms with Crippen LogP contribution in [-0.4, -0.2) is 12.0 Å². The number of hydrogen-bond donors (Lipinski definition) is 0. The number of ketones is 1. The molecule has 2 atom stereocenters. The van der Waals surface area contributed by atoms with E-state index in [1.54, 1.807) is 13.8 Å². The number of alkyl halides is 3. The fraction of sp³-hybridized carbons (Fsp3) is 0.500. The molecule has 1 aliphatic rings. The molecule has 0 saturated carbocycles. The van der Waals surface area contributed by atoms with Crippen molar-refractivity contribution in [3.8, 4) is 0 Å². The zero-order valence-corrected chi connectivity index (χ0v) is 10.8. The lowest BCUT2D eigenvalue weighted by Crippen LogP contribution is -2.37. The highest BCUT2D eigenvalue weighted by atomic mass is 19.4. The van der Waals surface area contributed by atoms with Gasteiger partial charge in [-0.25, -0.2) is 0 Å². The van der Waals surface area contributed by atoms with E-state index in [0.717, 1.165) is 11.1 Å². The summed E-state index contributed by atoms with van der Waals surface area (Å²) in [6.45, 7) is 3.48. The maximum Gasteiger partial charge on any atom is 0.392 e. The predicted molar refractivity (Wildman–Crippen MR) is 63.7 cm³/mol. The van der Waals surface area contributed by atoms with Crippen LogP contribution >= 0.6 is 0 Å². The van der Waals surface area contributed by atoms with Gasteiger partial charge in [-0.15, -0.1) is 0 Å². The van der Waals surface area contributed by atoms with Gasteiger partial charge in [-0.3, -0.25) is 4.79 Å². The van der Waals surface area contributed by atoms with E-state index in [9.17, 15) is 18.0 Å². The summed E-state index contributed by atoms with van der Waals surface area (Å²) in [7, 11) is 0. The van der Waals surface area contributed by atoms with E-state index < -0.39 is 23.8 Å². The molecule has 0 amide bonds. The van der Waals surface area contributed by atoms with Crippen LogP contribution in [0, 0.1) is 11.8 Å². The van der Waals surface area contributed by atoms with Crippen LogP contribution in [0.15, 0.2) is 34.0 Å². The van der Waals surface area contributed by atoms with Crippen LogP contribution in [0.1, 0.15) is 37.2 Å². The van der Waals surface area contributed by atoms with Gasteiger partial charge in [-0.1, -0.05) is 11.1 Å². The van der Waals surface area contributed by atoms with Crippen LogP contribution in [0.3, 0.4) is 0 Å². The van der Waals surface area contributed by atoms with Gasteiger partial charge >= 0.3 is 6.18 Å². The van der Waals surface area contributed by atoms with E-state index in [0.29, 0.717) is 0 Å². The molecule has 104 valence electrons. The fourth-order valence-electron chi connectivity index (χ4n) is 2.51. The van der Waals surface area contributed by atoms with Crippen LogP contribution in [0.25, 0.3) is 0 Å². The normalized spacial score (nSPS) is 24.7. The first-order valence-corrected chi connectivity index (χ1v) is 6.10. The van der Waals surface area contributed by atoms with Gasteiger partial charge in [0.2, 0.25) is 5.78 Å². The van der Waals surface area contributed by atoms with Crippen molar-refractivity contribution in [1.82, 2.24) is 0 Å². The van der Waals surface area contributed by atoms with E-state index in [4.69, 9.17) is 4.42 Å². The standard InChI is InChI=1S/C14H15F3O2/c1-8-6-10(13(18)12-4-3-5-19-12)11(7-9(8)2)14(15,16)17/h3-5,10-11H,6-7H2,1-2H3/t10-,11-/m0/s1. The Hall–Kier alpha value is -1.52. The van der Waals surface area contributed by atoms with Crippen molar-refractivity contribution in [1.29, 1.82) is 0 Å². The molecule has 19 heavy (non-hydrogen) atoms. The molecule has 1 aromatic heterocycles. The van der Waals surface area contributed by atoms with Crippen molar-refractivity contribution in [2.75, 3.05) is 0 Å². The van der Waals surface area contributed by atoms with Crippen LogP contribution < -0.4 is 0 Å². The molecule has 0 bridgehead atoms. The van der Waals surface area contributed by atoms with Crippen LogP contribution in [0.2, 0.25) is 0 Å². The number of carbonyl (C=O) groups is 1. The lowest BCUT2D eigenvalue weighted by molar-refractivity contribution is -0.185. The highest BCUT2D eigenvalue weighted by molar-refractivity contribution is 5.95. The minimum atomic E-state index is -4.37. The van der Waals surface area contributed by atoms with Gasteiger partial charge in [-0.05, 0) is 38.8 Å². The van der Waals surface area contributed by atoms with E-state index >= 15 is 0 Å². The summed E-state index contributed by atoms with van der Waals surface area (Å²) < 4.78 is 44.2. The summed E-state index contributed by atoms with van der Waals surface area (Å²) in [5.41, 5.74) is 1.59. The van der Waals surface area contributed by atoms with E-state index in [1.807, 2.05) is 0 Å². The average Bonchev–Trinajstić information content (AvgIpc) is 2.83. The summed E-state index contributed by atoms with van der Waals surface area (Å²) in [5.74, 6) is -3.24. The number of carbonyl (C=O) groups excluding carboxylic acids is 1. The molecule has 1 aromatic rings. The molecular weight excluding hydrogens is 257 g/mol. The molecule has 0 fully saturated rings. The molecule has 2 rings (SSSR count). The van der Waals surface area contributed by atoms with Gasteiger partial charge in [0.05, 0.1) is 12.2 Å². The molecule has 0 saturated heterocycles. The predicted octanol–water partition coefficient (Wildman–Crippen LogP) is 4.39. The Bertz CT molecular complexity index is 497. The Balaban J connectivity index is 2.33. The van der Waals surface area contributed by atoms with Gasteiger partial charge < -0.3 is 4.42 Å². The molecule has 2 nitrogen and oxygen atoms in total. The van der Waals surface area contributed by atoms with Gasteiger partial charge in [-0.2, -0.15) is 13.2 Å². The van der Waals surface area contributed by atoms with Crippen molar-refractivity contribution in [2.45, 2.75) is 32.9 Å². The molecule has 0 aromatic carbocycles. The van der Waals surface area contributed by atoms with E-state index in [1.165, 1.54) is 18.4 Å². The zero-order chi connectivity index (χ0) is 14.2. The number of halogens is 3. The Morgan fingerprint density at radius 2 is 1.89 bits per heavy atom. The quantitative estimate of drug-likeness (QED) is 0.590. The van der Waals surface area contributed by atoms with Crippen molar-refractivity contribution < 1.29 is 22.4 Å². The molecule has 1 aliphatic carbocycles. The molecule has 5 heteroatoms. The highest BCUT2D eigenvalue weighted by Crippen LogP contribution is 2.44. The minimum Gasteiger partial charge on any atom is -0.461 e. The lowest BCUT2D eigenvalue weighted by atomic mass is 9.74. The summed E-state index contributed by atoms with van der Waals surface area (Å²) in [5, 5.41) is 0. The molecule has 0 spiro atoms. The Morgan fingerprint density at radius 3 is 2.42 bits per heavy atom. The second-order valence-electron chi connectivity index (χ2n) is 5.07. The molecular formula is C14H15F3O2. The Kier molecular flexibility index (Phi) is 3.56. The fourth-order valence-corrected chi connectivity index (χ4v) is 2.51. The zero-order valence-electron chi connectivity index (χ0n) is 10.8. The maximum atomic E-state index is 13.1. The number of hydrogen-bond acceptors (Lipinski definition) is 2. The van der Waals surface area contributed by atoms with Gasteiger partial charge in [0, 0.05) is 5.92 Å². The highest BCUT2D eigenvalue weighted by Gasteiger charge is 2.49. The Morgan fingerprint density at radius 1 is 1.26 bits per heavy atom. The first-order valence-electron chi connectivity index (χ1n) is 6.10. The summed E-state index contributed by atoms with van der Waals surface area (Å²) >= 11 is 0. The smallest absolute Gasteiger partial charge is 0.392 e. The SMILES string of the molecule is CC1=C(C)C[C@H](C(F)(F)F)[C@@H](C(=O)c2ccco2)C1. The number of rotatable bonds is 2. The third-order valence-corrected chi connectivity index (χ3v) is 3.79. The minimum absolute atomic E-state index is 0.00611. The molecule has 1 heterocycles. The largest absolute Gasteiger partial charge is 0.461 e. The molecule has 0 aliphatic heterocycles. The van der Waals surface area contributed by atoms with Crippen molar-refractivity contribution in [3.63, 3.8) is 0 Å². The monoisotopic (exact) mass is 272 g/mol. The second kappa shape index (κ2) is 4.87. The van der Waals surface area contributed by atoms with E-state index in [2.05, 4.69) is 0 Å². The summed E-state index contributed by atoms with van der Waals surface area (Å²) in [4.78, 5) is 12.2. The maximum absolute atomic E-state index is 13.1. The first-order chi connectivity index (χ1) is 8.80. The van der Waals surface area contributed by atoms with Gasteiger partial charge in [0.25, 0.3) is 0 Å². The van der Waals surface area contributed by atoms with Crippen LogP contribution in [0.5, 0.6) is 0 Å². The van der Waals surface area contributed by atoms with Crippen LogP contribution in [-0.2, 0) is 0 Å². The van der Waals surface area contributed by atoms with Crippen LogP contribution in [0.4, 0.5) is 13.2 Å². The third-order valence-electron chi connectivity index (χ3n) is 3.79. The molecule has 0 N–H and O–H groups in total. The van der Waals surface area contributed by atoms with Gasteiger partial charge in [0.1, 0.15) is 0 Å². The number of furan rings is 1. The van der Waals surface area contributed by atoms with Crippen molar-refractivity contribution in [2.24, 2.45) is 11.8 Å². The number of allylic oxidation sites excluding steroid dienone is 2. The van der Waals surface area contributed by atoms with E-state index in [-0.39, 0.29) is 18.6 Å². The number of Topliss-reactive ketones (excluding diaryl/α,β-unsaturated/α-hetero) is 1. The summed E-state index contributed by atoms with van der Waals surface area (Å²) in [6.07, 6.45) is -3.02. The Labute approximate surface area is 109 Å². The summed E-state index contributed by atoms with van der Waals surface area (Å²) in [6, 6.07) is 2.92. The molecule has 0 radical (unpaired) electrons. The average molecular weight is 272 g/mol. The third kappa shape index (κ3) is 2.74.